The lowest BCUT2D eigenvalue weighted by molar-refractivity contribution is 0.103. The van der Waals surface area contributed by atoms with E-state index in [1.54, 1.807) is 12.1 Å². The molecule has 0 saturated heterocycles. The quantitative estimate of drug-likeness (QED) is 0.0660. The van der Waals surface area contributed by atoms with Crippen molar-refractivity contribution in [1.29, 1.82) is 0 Å². The fourth-order valence-corrected chi connectivity index (χ4v) is 8.37. The zero-order valence-electron chi connectivity index (χ0n) is 34.1. The molecule has 0 bridgehead atoms. The lowest BCUT2D eigenvalue weighted by atomic mass is 10.0. The summed E-state index contributed by atoms with van der Waals surface area (Å²) in [7, 11) is 1.26. The third-order valence-corrected chi connectivity index (χ3v) is 12.6. The molecular weight excluding hydrogens is 829 g/mol. The zero-order chi connectivity index (χ0) is 44.3. The normalized spacial score (nSPS) is 11.5. The van der Waals surface area contributed by atoms with Crippen LogP contribution < -0.4 is 9.47 Å². The van der Waals surface area contributed by atoms with Gasteiger partial charge >= 0.3 is 20.2 Å². The van der Waals surface area contributed by atoms with Crippen LogP contribution in [-0.4, -0.2) is 37.5 Å². The molecule has 12 nitrogen and oxygen atoms in total. The van der Waals surface area contributed by atoms with Gasteiger partial charge in [-0.3, -0.25) is 9.59 Å². The Kier molecular flexibility index (Phi) is 12.1. The largest absolute Gasteiger partial charge is 0.457 e. The number of nitrogens with zero attached hydrogens (tertiary/aromatic N) is 2. The monoisotopic (exact) mass is 868 g/mol. The molecule has 0 unspecified atom stereocenters. The van der Waals surface area contributed by atoms with Crippen molar-refractivity contribution in [2.45, 2.75) is 23.6 Å². The lowest BCUT2D eigenvalue weighted by Crippen LogP contribution is -2.10. The van der Waals surface area contributed by atoms with E-state index in [2.05, 4.69) is 33.2 Å². The van der Waals surface area contributed by atoms with Crippen LogP contribution in [0.5, 0.6) is 23.0 Å². The molecule has 0 aliphatic heterocycles. The summed E-state index contributed by atoms with van der Waals surface area (Å²) in [5.41, 5.74) is 4.78. The molecule has 0 amide bonds. The van der Waals surface area contributed by atoms with Crippen molar-refractivity contribution in [3.8, 4) is 23.0 Å². The van der Waals surface area contributed by atoms with Gasteiger partial charge in [0.1, 0.15) is 32.8 Å². The van der Waals surface area contributed by atoms with Gasteiger partial charge in [0, 0.05) is 59.5 Å². The van der Waals surface area contributed by atoms with Gasteiger partial charge in [0.25, 0.3) is 0 Å². The van der Waals surface area contributed by atoms with Gasteiger partial charge in [0.05, 0.1) is 11.0 Å². The van der Waals surface area contributed by atoms with E-state index >= 15 is 0 Å². The Morgan fingerprint density at radius 2 is 0.952 bits per heavy atom. The van der Waals surface area contributed by atoms with Crippen LogP contribution >= 0.6 is 0 Å². The number of hydrogen-bond donors (Lipinski definition) is 0. The van der Waals surface area contributed by atoms with Crippen molar-refractivity contribution in [3.63, 3.8) is 0 Å². The predicted molar refractivity (Wildman–Crippen MR) is 235 cm³/mol. The van der Waals surface area contributed by atoms with Crippen LogP contribution in [-0.2, 0) is 42.7 Å². The Morgan fingerprint density at radius 3 is 1.50 bits per heavy atom. The summed E-state index contributed by atoms with van der Waals surface area (Å²) >= 11 is 0. The van der Waals surface area contributed by atoms with Gasteiger partial charge in [-0.05, 0) is 104 Å². The zero-order valence-corrected chi connectivity index (χ0v) is 35.7. The van der Waals surface area contributed by atoms with Crippen LogP contribution in [0.4, 0.5) is 0 Å². The summed E-state index contributed by atoms with van der Waals surface area (Å²) in [6.45, 7) is 3.55. The number of fused-ring (bicyclic) bond motifs is 2. The molecule has 8 rings (SSSR count). The van der Waals surface area contributed by atoms with Crippen LogP contribution in [0.15, 0.2) is 156 Å². The average molecular weight is 869 g/mol. The Balaban J connectivity index is 0.000000196. The second kappa shape index (κ2) is 17.5. The molecule has 14 heteroatoms. The molecule has 0 fully saturated rings. The summed E-state index contributed by atoms with van der Waals surface area (Å²) in [6, 6.07) is 37.9. The number of hydrogen-bond acceptors (Lipinski definition) is 10. The maximum absolute atomic E-state index is 13.2. The van der Waals surface area contributed by atoms with Gasteiger partial charge in [-0.15, -0.1) is 0 Å². The summed E-state index contributed by atoms with van der Waals surface area (Å²) < 4.78 is 74.4. The molecule has 2 heterocycles. The van der Waals surface area contributed by atoms with Crippen LogP contribution in [0.25, 0.3) is 21.8 Å². The Morgan fingerprint density at radius 1 is 0.500 bits per heavy atom. The van der Waals surface area contributed by atoms with E-state index < -0.39 is 30.9 Å². The first-order valence-corrected chi connectivity index (χ1v) is 21.7. The maximum atomic E-state index is 13.2. The smallest absolute Gasteiger partial charge is 0.338 e. The molecule has 312 valence electrons. The highest BCUT2D eigenvalue weighted by molar-refractivity contribution is 7.87. The highest BCUT2D eigenvalue weighted by Crippen LogP contribution is 2.36. The number of rotatable bonds is 12. The SMILES string of the molecule is Cc1ccc(C(=O)c2ccc(Oc3cccc4c3ccn4C)cc2)cc1.[CH2+]OS(=O)(=O)c1cc(C(=O)c2ccc(Oc3cccc4c3ccn4C)c(S(=O)(=O)O[CH2+])c2)ccc1C. The molecule has 62 heavy (non-hydrogen) atoms. The van der Waals surface area contributed by atoms with E-state index in [1.165, 1.54) is 31.2 Å². The summed E-state index contributed by atoms with van der Waals surface area (Å²) in [5.74, 6) is 1.22. The standard InChI is InChI=1S/C25H21NO8S2.C23H19NO2/c1-16-8-9-17(14-23(16)35(28,29)32-3)25(27)18-10-11-22(24(15-18)36(30,31)33-4)34-21-7-5-6-20-19(21)12-13-26(20)2;1-16-6-8-17(9-7-16)23(25)18-10-12-19(13-11-18)26-22-5-3-4-21-20(22)14-15-24(21)2/h5-15H,3-4H2,1-2H3;3-15H,1-2H3/q+2;. The Hall–Kier alpha value is -7.10. The van der Waals surface area contributed by atoms with E-state index in [1.807, 2.05) is 117 Å². The number of aryl methyl sites for hydroxylation is 4. The molecule has 0 aliphatic rings. The minimum absolute atomic E-state index is 0.00200. The molecule has 0 radical (unpaired) electrons. The van der Waals surface area contributed by atoms with Gasteiger partial charge in [0.15, 0.2) is 11.6 Å². The molecule has 0 aliphatic carbocycles. The summed E-state index contributed by atoms with van der Waals surface area (Å²) in [5, 5.41) is 1.81. The average Bonchev–Trinajstić information content (AvgIpc) is 3.86. The number of ketones is 2. The summed E-state index contributed by atoms with van der Waals surface area (Å²) in [4.78, 5) is 25.1. The van der Waals surface area contributed by atoms with E-state index in [-0.39, 0.29) is 27.6 Å². The first-order valence-electron chi connectivity index (χ1n) is 18.9. The van der Waals surface area contributed by atoms with Crippen LogP contribution in [0, 0.1) is 28.1 Å². The Bertz CT molecular complexity index is 3210. The van der Waals surface area contributed by atoms with Crippen molar-refractivity contribution in [2.75, 3.05) is 0 Å². The van der Waals surface area contributed by atoms with E-state index in [0.717, 1.165) is 45.3 Å². The van der Waals surface area contributed by atoms with E-state index in [4.69, 9.17) is 9.47 Å². The van der Waals surface area contributed by atoms with Gasteiger partial charge in [-0.2, -0.15) is 16.8 Å². The molecule has 8 aromatic rings. The molecule has 2 aromatic heterocycles. The second-order valence-electron chi connectivity index (χ2n) is 14.3. The number of aromatic nitrogens is 2. The topological polar surface area (TPSA) is 149 Å². The number of carbonyl (C=O) groups excluding carboxylic acids is 2. The molecule has 0 saturated carbocycles. The molecule has 0 spiro atoms. The molecule has 0 atom stereocenters. The van der Waals surface area contributed by atoms with Crippen molar-refractivity contribution < 1.29 is 44.3 Å². The van der Waals surface area contributed by atoms with Crippen molar-refractivity contribution in [1.82, 2.24) is 9.13 Å². The van der Waals surface area contributed by atoms with Gasteiger partial charge in [0.2, 0.25) is 14.2 Å². The first kappa shape index (κ1) is 43.0. The third kappa shape index (κ3) is 8.85. The van der Waals surface area contributed by atoms with Crippen molar-refractivity contribution in [2.24, 2.45) is 14.1 Å². The fourth-order valence-electron chi connectivity index (χ4n) is 6.75. The van der Waals surface area contributed by atoms with Gasteiger partial charge in [-0.1, -0.05) is 62.5 Å². The van der Waals surface area contributed by atoms with Crippen molar-refractivity contribution >= 4 is 53.6 Å². The highest BCUT2D eigenvalue weighted by Gasteiger charge is 2.27. The van der Waals surface area contributed by atoms with E-state index in [0.29, 0.717) is 28.2 Å². The highest BCUT2D eigenvalue weighted by atomic mass is 32.2. The first-order chi connectivity index (χ1) is 29.6. The molecule has 6 aromatic carbocycles. The van der Waals surface area contributed by atoms with E-state index in [9.17, 15) is 26.4 Å². The number of carbonyl (C=O) groups is 2. The molecular formula is C48H40N2O10S2+2. The van der Waals surface area contributed by atoms with Gasteiger partial charge in [-0.25, -0.2) is 0 Å². The third-order valence-electron chi connectivity index (χ3n) is 10.2. The van der Waals surface area contributed by atoms with Gasteiger partial charge < -0.3 is 18.6 Å². The number of benzene rings is 6. The minimum atomic E-state index is -4.39. The number of ether oxygens (including phenoxy) is 2. The van der Waals surface area contributed by atoms with Crippen LogP contribution in [0.2, 0.25) is 0 Å². The maximum Gasteiger partial charge on any atom is 0.338 e. The minimum Gasteiger partial charge on any atom is -0.457 e. The summed E-state index contributed by atoms with van der Waals surface area (Å²) in [6.07, 6.45) is 3.85. The van der Waals surface area contributed by atoms with Crippen LogP contribution in [0.3, 0.4) is 0 Å². The predicted octanol–water partition coefficient (Wildman–Crippen LogP) is 10.0. The lowest BCUT2D eigenvalue weighted by Gasteiger charge is -2.13. The Labute approximate surface area is 359 Å². The fraction of sp³-hybridized carbons (Fsp3) is 0.0833. The van der Waals surface area contributed by atoms with Crippen molar-refractivity contribution in [3.05, 3.63) is 193 Å². The van der Waals surface area contributed by atoms with Crippen LogP contribution in [0.1, 0.15) is 43.0 Å². The molecule has 0 N–H and O–H groups in total. The second-order valence-corrected chi connectivity index (χ2v) is 17.4.